The lowest BCUT2D eigenvalue weighted by molar-refractivity contribution is 0.103. The molecule has 0 aliphatic heterocycles. The molecule has 25 heavy (non-hydrogen) atoms. The van der Waals surface area contributed by atoms with Gasteiger partial charge in [0.05, 0.1) is 23.9 Å². The number of hydrogen-bond acceptors (Lipinski definition) is 5. The minimum Gasteiger partial charge on any atom is -0.495 e. The van der Waals surface area contributed by atoms with Gasteiger partial charge < -0.3 is 10.1 Å². The summed E-state index contributed by atoms with van der Waals surface area (Å²) in [5, 5.41) is 3.78. The van der Waals surface area contributed by atoms with Crippen LogP contribution in [0, 0.1) is 0 Å². The Hall–Kier alpha value is -2.58. The minimum absolute atomic E-state index is 0.253. The van der Waals surface area contributed by atoms with Gasteiger partial charge in [0.15, 0.2) is 0 Å². The number of hydrogen-bond donors (Lipinski definition) is 2. The second kappa shape index (κ2) is 6.73. The van der Waals surface area contributed by atoms with Gasteiger partial charge in [0.2, 0.25) is 10.0 Å². The zero-order chi connectivity index (χ0) is 18.0. The molecule has 8 heteroatoms. The van der Waals surface area contributed by atoms with Crippen molar-refractivity contribution in [2.75, 3.05) is 23.4 Å². The maximum absolute atomic E-state index is 12.5. The van der Waals surface area contributed by atoms with E-state index < -0.39 is 10.0 Å². The largest absolute Gasteiger partial charge is 0.495 e. The number of amides is 1. The third-order valence-electron chi connectivity index (χ3n) is 3.40. The molecule has 6 nitrogen and oxygen atoms in total. The van der Waals surface area contributed by atoms with Crippen LogP contribution in [0.1, 0.15) is 9.67 Å². The predicted octanol–water partition coefficient (Wildman–Crippen LogP) is 3.53. The average Bonchev–Trinajstić information content (AvgIpc) is 2.98. The Morgan fingerprint density at radius 1 is 1.12 bits per heavy atom. The van der Waals surface area contributed by atoms with E-state index in [4.69, 9.17) is 4.74 Å². The molecule has 3 rings (SSSR count). The van der Waals surface area contributed by atoms with Crippen LogP contribution in [-0.2, 0) is 10.0 Å². The maximum atomic E-state index is 12.5. The monoisotopic (exact) mass is 376 g/mol. The number of methoxy groups -OCH3 is 1. The Balaban J connectivity index is 1.86. The predicted molar refractivity (Wildman–Crippen MR) is 101 cm³/mol. The Bertz CT molecular complexity index is 1010. The number of carbonyl (C=O) groups is 1. The molecule has 130 valence electrons. The molecule has 1 aromatic heterocycles. The van der Waals surface area contributed by atoms with E-state index in [2.05, 4.69) is 10.0 Å². The van der Waals surface area contributed by atoms with Gasteiger partial charge in [0.25, 0.3) is 5.91 Å². The average molecular weight is 376 g/mol. The molecular weight excluding hydrogens is 360 g/mol. The number of ether oxygens (including phenoxy) is 1. The first-order valence-corrected chi connectivity index (χ1v) is 10.0. The van der Waals surface area contributed by atoms with Crippen molar-refractivity contribution in [3.8, 4) is 5.75 Å². The van der Waals surface area contributed by atoms with Crippen LogP contribution in [0.4, 0.5) is 11.4 Å². The SMILES string of the molecule is COc1ccc(NC(=O)c2cc3ccccc3s2)cc1NS(C)(=O)=O. The topological polar surface area (TPSA) is 84.5 Å². The molecule has 0 spiro atoms. The van der Waals surface area contributed by atoms with Crippen LogP contribution in [0.5, 0.6) is 5.75 Å². The number of rotatable bonds is 5. The molecule has 0 saturated heterocycles. The molecule has 1 amide bonds. The van der Waals surface area contributed by atoms with Crippen molar-refractivity contribution in [3.05, 3.63) is 53.4 Å². The van der Waals surface area contributed by atoms with Crippen molar-refractivity contribution in [1.82, 2.24) is 0 Å². The summed E-state index contributed by atoms with van der Waals surface area (Å²) >= 11 is 1.40. The van der Waals surface area contributed by atoms with E-state index in [1.807, 2.05) is 30.3 Å². The first-order chi connectivity index (χ1) is 11.9. The van der Waals surface area contributed by atoms with Crippen LogP contribution in [-0.4, -0.2) is 27.7 Å². The second-order valence-electron chi connectivity index (χ2n) is 5.39. The quantitative estimate of drug-likeness (QED) is 0.713. The summed E-state index contributed by atoms with van der Waals surface area (Å²) in [6.45, 7) is 0. The van der Waals surface area contributed by atoms with Gasteiger partial charge in [0.1, 0.15) is 5.75 Å². The van der Waals surface area contributed by atoms with Crippen LogP contribution in [0.3, 0.4) is 0 Å². The van der Waals surface area contributed by atoms with E-state index in [0.717, 1.165) is 16.3 Å². The van der Waals surface area contributed by atoms with E-state index in [1.165, 1.54) is 24.5 Å². The standard InChI is InChI=1S/C17H16N2O4S2/c1-23-14-8-7-12(10-13(14)19-25(2,21)22)18-17(20)16-9-11-5-3-4-6-15(11)24-16/h3-10,19H,1-2H3,(H,18,20). The molecule has 0 fully saturated rings. The van der Waals surface area contributed by atoms with Crippen molar-refractivity contribution in [2.45, 2.75) is 0 Å². The van der Waals surface area contributed by atoms with Crippen molar-refractivity contribution in [2.24, 2.45) is 0 Å². The number of nitrogens with one attached hydrogen (secondary N) is 2. The van der Waals surface area contributed by atoms with Crippen molar-refractivity contribution in [3.63, 3.8) is 0 Å². The lowest BCUT2D eigenvalue weighted by Crippen LogP contribution is -2.13. The molecule has 0 aliphatic rings. The lowest BCUT2D eigenvalue weighted by Gasteiger charge is -2.12. The summed E-state index contributed by atoms with van der Waals surface area (Å²) < 4.78 is 31.5. The molecule has 0 saturated carbocycles. The molecule has 0 radical (unpaired) electrons. The highest BCUT2D eigenvalue weighted by Crippen LogP contribution is 2.30. The zero-order valence-corrected chi connectivity index (χ0v) is 15.2. The number of carbonyl (C=O) groups excluding carboxylic acids is 1. The Morgan fingerprint density at radius 3 is 2.56 bits per heavy atom. The van der Waals surface area contributed by atoms with Gasteiger partial charge in [-0.2, -0.15) is 0 Å². The summed E-state index contributed by atoms with van der Waals surface area (Å²) in [6, 6.07) is 14.3. The molecule has 0 bridgehead atoms. The molecule has 0 aliphatic carbocycles. The number of benzene rings is 2. The molecule has 3 aromatic rings. The number of fused-ring (bicyclic) bond motifs is 1. The lowest BCUT2D eigenvalue weighted by atomic mass is 10.2. The van der Waals surface area contributed by atoms with Gasteiger partial charge in [-0.25, -0.2) is 8.42 Å². The third kappa shape index (κ3) is 4.09. The Morgan fingerprint density at radius 2 is 1.88 bits per heavy atom. The fourth-order valence-electron chi connectivity index (χ4n) is 2.35. The van der Waals surface area contributed by atoms with E-state index in [0.29, 0.717) is 16.3 Å². The zero-order valence-electron chi connectivity index (χ0n) is 13.6. The van der Waals surface area contributed by atoms with Crippen LogP contribution in [0.2, 0.25) is 0 Å². The highest BCUT2D eigenvalue weighted by atomic mass is 32.2. The first kappa shape index (κ1) is 17.2. The van der Waals surface area contributed by atoms with Gasteiger partial charge in [0, 0.05) is 10.4 Å². The van der Waals surface area contributed by atoms with Crippen LogP contribution in [0.15, 0.2) is 48.5 Å². The second-order valence-corrected chi connectivity index (χ2v) is 8.22. The first-order valence-electron chi connectivity index (χ1n) is 7.31. The van der Waals surface area contributed by atoms with Gasteiger partial charge in [-0.1, -0.05) is 18.2 Å². The Kier molecular flexibility index (Phi) is 4.65. The highest BCUT2D eigenvalue weighted by molar-refractivity contribution is 7.92. The van der Waals surface area contributed by atoms with Crippen molar-refractivity contribution < 1.29 is 17.9 Å². The fraction of sp³-hybridized carbons (Fsp3) is 0.118. The summed E-state index contributed by atoms with van der Waals surface area (Å²) in [6.07, 6.45) is 1.05. The molecule has 1 heterocycles. The van der Waals surface area contributed by atoms with E-state index in [9.17, 15) is 13.2 Å². The summed E-state index contributed by atoms with van der Waals surface area (Å²) in [7, 11) is -2.02. The maximum Gasteiger partial charge on any atom is 0.265 e. The summed E-state index contributed by atoms with van der Waals surface area (Å²) in [5.41, 5.74) is 0.730. The normalized spacial score (nSPS) is 11.3. The molecule has 0 atom stereocenters. The fourth-order valence-corrected chi connectivity index (χ4v) is 3.87. The smallest absolute Gasteiger partial charge is 0.265 e. The van der Waals surface area contributed by atoms with Gasteiger partial charge in [-0.15, -0.1) is 11.3 Å². The molecule has 0 unspecified atom stereocenters. The minimum atomic E-state index is -3.47. The number of sulfonamides is 1. The molecule has 2 aromatic carbocycles. The van der Waals surface area contributed by atoms with Crippen LogP contribution >= 0.6 is 11.3 Å². The van der Waals surface area contributed by atoms with Gasteiger partial charge >= 0.3 is 0 Å². The van der Waals surface area contributed by atoms with Gasteiger partial charge in [-0.3, -0.25) is 9.52 Å². The summed E-state index contributed by atoms with van der Waals surface area (Å²) in [4.78, 5) is 13.0. The van der Waals surface area contributed by atoms with Gasteiger partial charge in [-0.05, 0) is 35.7 Å². The molecular formula is C17H16N2O4S2. The Labute approximate surface area is 149 Å². The highest BCUT2D eigenvalue weighted by Gasteiger charge is 2.13. The van der Waals surface area contributed by atoms with Crippen LogP contribution < -0.4 is 14.8 Å². The third-order valence-corrected chi connectivity index (χ3v) is 5.11. The van der Waals surface area contributed by atoms with E-state index >= 15 is 0 Å². The number of anilines is 2. The van der Waals surface area contributed by atoms with Crippen molar-refractivity contribution >= 4 is 48.7 Å². The number of thiophene rings is 1. The summed E-state index contributed by atoms with van der Waals surface area (Å²) in [5.74, 6) is 0.113. The van der Waals surface area contributed by atoms with E-state index in [1.54, 1.807) is 12.1 Å². The van der Waals surface area contributed by atoms with E-state index in [-0.39, 0.29) is 11.6 Å². The van der Waals surface area contributed by atoms with Crippen molar-refractivity contribution in [1.29, 1.82) is 0 Å². The molecule has 2 N–H and O–H groups in total. The van der Waals surface area contributed by atoms with Crippen LogP contribution in [0.25, 0.3) is 10.1 Å².